The van der Waals surface area contributed by atoms with Crippen molar-refractivity contribution in [3.05, 3.63) is 58.9 Å². The lowest BCUT2D eigenvalue weighted by atomic mass is 10.2. The first-order chi connectivity index (χ1) is 8.19. The molecule has 0 bridgehead atoms. The second kappa shape index (κ2) is 5.39. The second-order valence-corrected chi connectivity index (χ2v) is 4.15. The van der Waals surface area contributed by atoms with E-state index in [1.54, 1.807) is 30.3 Å². The summed E-state index contributed by atoms with van der Waals surface area (Å²) >= 11 is 11.7. The fourth-order valence-electron chi connectivity index (χ4n) is 1.39. The minimum absolute atomic E-state index is 0.307. The van der Waals surface area contributed by atoms with Gasteiger partial charge in [-0.15, -0.1) is 11.6 Å². The lowest BCUT2D eigenvalue weighted by molar-refractivity contribution is 0.473. The highest BCUT2D eigenvalue weighted by Crippen LogP contribution is 2.29. The van der Waals surface area contributed by atoms with E-state index in [-0.39, 0.29) is 5.82 Å². The molecule has 17 heavy (non-hydrogen) atoms. The second-order valence-electron chi connectivity index (χ2n) is 3.45. The third-order valence-corrected chi connectivity index (χ3v) is 2.72. The van der Waals surface area contributed by atoms with Crippen LogP contribution in [0.25, 0.3) is 0 Å². The van der Waals surface area contributed by atoms with Gasteiger partial charge in [0.05, 0.1) is 5.88 Å². The summed E-state index contributed by atoms with van der Waals surface area (Å²) < 4.78 is 18.6. The fraction of sp³-hybridized carbons (Fsp3) is 0.0769. The van der Waals surface area contributed by atoms with Crippen LogP contribution in [0.5, 0.6) is 11.5 Å². The minimum atomic E-state index is -0.350. The van der Waals surface area contributed by atoms with E-state index in [0.29, 0.717) is 22.4 Å². The molecular weight excluding hydrogens is 262 g/mol. The van der Waals surface area contributed by atoms with Crippen LogP contribution in [0.1, 0.15) is 5.56 Å². The van der Waals surface area contributed by atoms with E-state index in [2.05, 4.69) is 0 Å². The Morgan fingerprint density at radius 2 is 1.94 bits per heavy atom. The molecule has 0 unspecified atom stereocenters. The quantitative estimate of drug-likeness (QED) is 0.713. The Kier molecular flexibility index (Phi) is 3.87. The molecule has 2 rings (SSSR count). The number of rotatable bonds is 3. The number of benzene rings is 2. The number of hydrogen-bond acceptors (Lipinski definition) is 1. The van der Waals surface area contributed by atoms with Gasteiger partial charge in [-0.05, 0) is 24.3 Å². The molecule has 0 amide bonds. The van der Waals surface area contributed by atoms with Gasteiger partial charge >= 0.3 is 0 Å². The van der Waals surface area contributed by atoms with Gasteiger partial charge in [0.2, 0.25) is 0 Å². The standard InChI is InChI=1S/C13H9Cl2FO/c14-8-9-4-5-10(15)6-13(9)17-12-3-1-2-11(16)7-12/h1-7H,8H2. The van der Waals surface area contributed by atoms with Crippen molar-refractivity contribution in [3.8, 4) is 11.5 Å². The van der Waals surface area contributed by atoms with Crippen LogP contribution in [0.3, 0.4) is 0 Å². The Labute approximate surface area is 109 Å². The molecule has 0 fully saturated rings. The van der Waals surface area contributed by atoms with E-state index in [1.165, 1.54) is 12.1 Å². The summed E-state index contributed by atoms with van der Waals surface area (Å²) in [6, 6.07) is 11.1. The molecule has 4 heteroatoms. The van der Waals surface area contributed by atoms with Crippen LogP contribution in [0.2, 0.25) is 5.02 Å². The highest BCUT2D eigenvalue weighted by molar-refractivity contribution is 6.30. The first-order valence-electron chi connectivity index (χ1n) is 4.97. The molecule has 1 nitrogen and oxygen atoms in total. The molecule has 0 aromatic heterocycles. The summed E-state index contributed by atoms with van der Waals surface area (Å²) in [5.41, 5.74) is 0.806. The fourth-order valence-corrected chi connectivity index (χ4v) is 1.77. The molecule has 88 valence electrons. The predicted molar refractivity (Wildman–Crippen MR) is 67.5 cm³/mol. The lowest BCUT2D eigenvalue weighted by Crippen LogP contribution is -1.90. The summed E-state index contributed by atoms with van der Waals surface area (Å²) in [5.74, 6) is 0.913. The molecule has 2 aromatic carbocycles. The molecule has 0 aliphatic carbocycles. The topological polar surface area (TPSA) is 9.23 Å². The van der Waals surface area contributed by atoms with E-state index in [1.807, 2.05) is 0 Å². The van der Waals surface area contributed by atoms with Crippen LogP contribution < -0.4 is 4.74 Å². The average Bonchev–Trinajstić information content (AvgIpc) is 2.29. The van der Waals surface area contributed by atoms with Crippen molar-refractivity contribution in [2.24, 2.45) is 0 Å². The maximum absolute atomic E-state index is 13.0. The van der Waals surface area contributed by atoms with Crippen LogP contribution >= 0.6 is 23.2 Å². The van der Waals surface area contributed by atoms with Crippen LogP contribution in [0.15, 0.2) is 42.5 Å². The molecule has 0 aliphatic heterocycles. The van der Waals surface area contributed by atoms with Gasteiger partial charge in [-0.1, -0.05) is 23.7 Å². The van der Waals surface area contributed by atoms with Crippen molar-refractivity contribution in [1.29, 1.82) is 0 Å². The third kappa shape index (κ3) is 3.11. The molecular formula is C13H9Cl2FO. The molecule has 0 saturated carbocycles. The van der Waals surface area contributed by atoms with Gasteiger partial charge in [-0.2, -0.15) is 0 Å². The molecule has 0 heterocycles. The number of alkyl halides is 1. The Balaban J connectivity index is 2.32. The van der Waals surface area contributed by atoms with Gasteiger partial charge in [0.1, 0.15) is 17.3 Å². The van der Waals surface area contributed by atoms with Crippen molar-refractivity contribution in [2.45, 2.75) is 5.88 Å². The maximum atomic E-state index is 13.0. The van der Waals surface area contributed by atoms with Crippen molar-refractivity contribution in [3.63, 3.8) is 0 Å². The Morgan fingerprint density at radius 1 is 1.12 bits per heavy atom. The molecule has 0 N–H and O–H groups in total. The van der Waals surface area contributed by atoms with Crippen LogP contribution in [-0.4, -0.2) is 0 Å². The van der Waals surface area contributed by atoms with Crippen LogP contribution in [0.4, 0.5) is 4.39 Å². The smallest absolute Gasteiger partial charge is 0.133 e. The normalized spacial score (nSPS) is 10.3. The van der Waals surface area contributed by atoms with Gasteiger partial charge in [0.15, 0.2) is 0 Å². The highest BCUT2D eigenvalue weighted by atomic mass is 35.5. The summed E-state index contributed by atoms with van der Waals surface area (Å²) in [6.07, 6.45) is 0. The zero-order valence-corrected chi connectivity index (χ0v) is 10.3. The molecule has 0 radical (unpaired) electrons. The van der Waals surface area contributed by atoms with Crippen molar-refractivity contribution in [2.75, 3.05) is 0 Å². The van der Waals surface area contributed by atoms with Crippen molar-refractivity contribution >= 4 is 23.2 Å². The van der Waals surface area contributed by atoms with Gasteiger partial charge in [0.25, 0.3) is 0 Å². The van der Waals surface area contributed by atoms with E-state index < -0.39 is 0 Å². The zero-order valence-electron chi connectivity index (χ0n) is 8.79. The monoisotopic (exact) mass is 270 g/mol. The molecule has 2 aromatic rings. The van der Waals surface area contributed by atoms with Gasteiger partial charge in [-0.3, -0.25) is 0 Å². The van der Waals surface area contributed by atoms with E-state index in [4.69, 9.17) is 27.9 Å². The van der Waals surface area contributed by atoms with Crippen LogP contribution in [-0.2, 0) is 5.88 Å². The maximum Gasteiger partial charge on any atom is 0.133 e. The Hall–Kier alpha value is -1.25. The van der Waals surface area contributed by atoms with Gasteiger partial charge in [0, 0.05) is 16.7 Å². The number of halogens is 3. The highest BCUT2D eigenvalue weighted by Gasteiger charge is 2.05. The average molecular weight is 271 g/mol. The van der Waals surface area contributed by atoms with Gasteiger partial charge in [-0.25, -0.2) is 4.39 Å². The van der Waals surface area contributed by atoms with Gasteiger partial charge < -0.3 is 4.74 Å². The summed E-state index contributed by atoms with van der Waals surface area (Å²) in [7, 11) is 0. The molecule has 0 saturated heterocycles. The molecule has 0 atom stereocenters. The minimum Gasteiger partial charge on any atom is -0.457 e. The molecule has 0 spiro atoms. The SMILES string of the molecule is Fc1cccc(Oc2cc(Cl)ccc2CCl)c1. The first-order valence-corrected chi connectivity index (χ1v) is 5.88. The number of ether oxygens (including phenoxy) is 1. The Morgan fingerprint density at radius 3 is 2.65 bits per heavy atom. The van der Waals surface area contributed by atoms with E-state index >= 15 is 0 Å². The summed E-state index contributed by atoms with van der Waals surface area (Å²) in [5, 5.41) is 0.547. The van der Waals surface area contributed by atoms with Crippen molar-refractivity contribution in [1.82, 2.24) is 0 Å². The van der Waals surface area contributed by atoms with Crippen LogP contribution in [0, 0.1) is 5.82 Å². The molecule has 0 aliphatic rings. The largest absolute Gasteiger partial charge is 0.457 e. The number of hydrogen-bond donors (Lipinski definition) is 0. The summed E-state index contributed by atoms with van der Waals surface area (Å²) in [6.45, 7) is 0. The predicted octanol–water partition coefficient (Wildman–Crippen LogP) is 5.01. The first kappa shape index (κ1) is 12.2. The lowest BCUT2D eigenvalue weighted by Gasteiger charge is -2.09. The van der Waals surface area contributed by atoms with E-state index in [0.717, 1.165) is 5.56 Å². The van der Waals surface area contributed by atoms with E-state index in [9.17, 15) is 4.39 Å². The van der Waals surface area contributed by atoms with Crippen molar-refractivity contribution < 1.29 is 9.13 Å². The third-order valence-electron chi connectivity index (χ3n) is 2.20. The summed E-state index contributed by atoms with van der Waals surface area (Å²) in [4.78, 5) is 0. The zero-order chi connectivity index (χ0) is 12.3. The Bertz CT molecular complexity index is 529.